The van der Waals surface area contributed by atoms with E-state index >= 15 is 0 Å². The fraction of sp³-hybridized carbons (Fsp3) is 0.529. The standard InChI is InChI=1S/C17H22N2O2/c1-11(18-15-8-9-16(20)19-17(15)21)13-7-6-12-4-2-3-5-14(12)10-13/h6-7,10-11,15,18H,2-5,8-9H2,1H3,(H,19,20,21). The van der Waals surface area contributed by atoms with Crippen molar-refractivity contribution in [3.63, 3.8) is 0 Å². The van der Waals surface area contributed by atoms with E-state index in [4.69, 9.17) is 0 Å². The SMILES string of the molecule is CC(NC1CCC(=O)NC1=O)c1ccc2c(c1)CCCC2. The smallest absolute Gasteiger partial charge is 0.243 e. The van der Waals surface area contributed by atoms with Crippen LogP contribution in [0.1, 0.15) is 55.3 Å². The molecule has 1 aliphatic carbocycles. The van der Waals surface area contributed by atoms with Crippen molar-refractivity contribution in [1.82, 2.24) is 10.6 Å². The van der Waals surface area contributed by atoms with Crippen molar-refractivity contribution in [2.75, 3.05) is 0 Å². The van der Waals surface area contributed by atoms with Gasteiger partial charge in [-0.25, -0.2) is 0 Å². The number of hydrogen-bond donors (Lipinski definition) is 2. The summed E-state index contributed by atoms with van der Waals surface area (Å²) in [5.74, 6) is -0.365. The van der Waals surface area contributed by atoms with Crippen LogP contribution in [-0.2, 0) is 22.4 Å². The number of carbonyl (C=O) groups is 2. The Balaban J connectivity index is 1.69. The molecular formula is C17H22N2O2. The van der Waals surface area contributed by atoms with E-state index in [9.17, 15) is 9.59 Å². The largest absolute Gasteiger partial charge is 0.299 e. The van der Waals surface area contributed by atoms with Crippen molar-refractivity contribution in [1.29, 1.82) is 0 Å². The molecule has 3 rings (SSSR count). The molecule has 0 saturated carbocycles. The Hall–Kier alpha value is -1.68. The van der Waals surface area contributed by atoms with E-state index in [1.54, 1.807) is 0 Å². The molecule has 1 aromatic carbocycles. The van der Waals surface area contributed by atoms with Crippen molar-refractivity contribution < 1.29 is 9.59 Å². The minimum absolute atomic E-state index is 0.112. The molecule has 4 heteroatoms. The number of aryl methyl sites for hydroxylation is 2. The molecule has 2 atom stereocenters. The number of amides is 2. The average Bonchev–Trinajstić information content (AvgIpc) is 2.49. The van der Waals surface area contributed by atoms with Crippen LogP contribution < -0.4 is 10.6 Å². The maximum atomic E-state index is 11.8. The van der Waals surface area contributed by atoms with E-state index in [1.807, 2.05) is 0 Å². The third-order valence-electron chi connectivity index (χ3n) is 4.56. The van der Waals surface area contributed by atoms with Gasteiger partial charge < -0.3 is 0 Å². The molecule has 2 aliphatic rings. The first-order chi connectivity index (χ1) is 10.1. The lowest BCUT2D eigenvalue weighted by molar-refractivity contribution is -0.134. The van der Waals surface area contributed by atoms with E-state index in [2.05, 4.69) is 35.8 Å². The van der Waals surface area contributed by atoms with Crippen molar-refractivity contribution in [3.8, 4) is 0 Å². The first kappa shape index (κ1) is 14.3. The predicted molar refractivity (Wildman–Crippen MR) is 80.8 cm³/mol. The van der Waals surface area contributed by atoms with Gasteiger partial charge in [0.05, 0.1) is 6.04 Å². The third-order valence-corrected chi connectivity index (χ3v) is 4.56. The van der Waals surface area contributed by atoms with E-state index < -0.39 is 0 Å². The minimum atomic E-state index is -0.270. The topological polar surface area (TPSA) is 58.2 Å². The molecule has 0 aromatic heterocycles. The summed E-state index contributed by atoms with van der Waals surface area (Å²) in [5, 5.41) is 5.74. The summed E-state index contributed by atoms with van der Waals surface area (Å²) >= 11 is 0. The zero-order valence-electron chi connectivity index (χ0n) is 12.4. The zero-order chi connectivity index (χ0) is 14.8. The number of benzene rings is 1. The summed E-state index contributed by atoms with van der Waals surface area (Å²) in [6.45, 7) is 2.08. The van der Waals surface area contributed by atoms with Gasteiger partial charge in [-0.2, -0.15) is 0 Å². The van der Waals surface area contributed by atoms with Gasteiger partial charge in [-0.3, -0.25) is 20.2 Å². The predicted octanol–water partition coefficient (Wildman–Crippen LogP) is 2.02. The van der Waals surface area contributed by atoms with Crippen LogP contribution in [0.15, 0.2) is 18.2 Å². The van der Waals surface area contributed by atoms with Gasteiger partial charge in [-0.15, -0.1) is 0 Å². The molecule has 112 valence electrons. The lowest BCUT2D eigenvalue weighted by atomic mass is 9.89. The normalized spacial score (nSPS) is 23.4. The quantitative estimate of drug-likeness (QED) is 0.836. The van der Waals surface area contributed by atoms with Gasteiger partial charge in [-0.1, -0.05) is 18.2 Å². The fourth-order valence-corrected chi connectivity index (χ4v) is 3.27. The van der Waals surface area contributed by atoms with Crippen molar-refractivity contribution >= 4 is 11.8 Å². The molecule has 2 unspecified atom stereocenters. The van der Waals surface area contributed by atoms with Gasteiger partial charge in [0.2, 0.25) is 11.8 Å². The molecule has 1 heterocycles. The van der Waals surface area contributed by atoms with Gasteiger partial charge in [0.25, 0.3) is 0 Å². The van der Waals surface area contributed by atoms with Crippen LogP contribution in [0.3, 0.4) is 0 Å². The fourth-order valence-electron chi connectivity index (χ4n) is 3.27. The maximum Gasteiger partial charge on any atom is 0.243 e. The van der Waals surface area contributed by atoms with E-state index in [0.717, 1.165) is 6.42 Å². The van der Waals surface area contributed by atoms with Gasteiger partial charge in [-0.05, 0) is 55.7 Å². The molecule has 2 N–H and O–H groups in total. The van der Waals surface area contributed by atoms with Gasteiger partial charge in [0.1, 0.15) is 0 Å². The maximum absolute atomic E-state index is 11.8. The zero-order valence-corrected chi connectivity index (χ0v) is 12.4. The number of nitrogens with one attached hydrogen (secondary N) is 2. The van der Waals surface area contributed by atoms with Crippen LogP contribution in [0.5, 0.6) is 0 Å². The number of imide groups is 1. The van der Waals surface area contributed by atoms with Crippen molar-refractivity contribution in [2.45, 2.75) is 57.5 Å². The number of piperidine rings is 1. The summed E-state index contributed by atoms with van der Waals surface area (Å²) in [6, 6.07) is 6.51. The van der Waals surface area contributed by atoms with Crippen LogP contribution in [0, 0.1) is 0 Å². The molecular weight excluding hydrogens is 264 g/mol. The number of fused-ring (bicyclic) bond motifs is 1. The number of carbonyl (C=O) groups excluding carboxylic acids is 2. The van der Waals surface area contributed by atoms with E-state index in [-0.39, 0.29) is 23.9 Å². The Morgan fingerprint density at radius 1 is 1.14 bits per heavy atom. The first-order valence-corrected chi connectivity index (χ1v) is 7.85. The number of hydrogen-bond acceptors (Lipinski definition) is 3. The van der Waals surface area contributed by atoms with Gasteiger partial charge in [0, 0.05) is 12.5 Å². The summed E-state index contributed by atoms with van der Waals surface area (Å²) in [6.07, 6.45) is 5.90. The summed E-state index contributed by atoms with van der Waals surface area (Å²) in [7, 11) is 0. The molecule has 0 radical (unpaired) electrons. The molecule has 1 aromatic rings. The Bertz CT molecular complexity index is 568. The van der Waals surface area contributed by atoms with Crippen LogP contribution in [0.2, 0.25) is 0 Å². The summed E-state index contributed by atoms with van der Waals surface area (Å²) in [4.78, 5) is 23.0. The lowest BCUT2D eigenvalue weighted by Gasteiger charge is -2.26. The van der Waals surface area contributed by atoms with E-state index in [0.29, 0.717) is 12.8 Å². The second-order valence-corrected chi connectivity index (χ2v) is 6.13. The second kappa shape index (κ2) is 5.98. The monoisotopic (exact) mass is 286 g/mol. The van der Waals surface area contributed by atoms with Crippen LogP contribution in [0.25, 0.3) is 0 Å². The third kappa shape index (κ3) is 3.16. The van der Waals surface area contributed by atoms with Crippen LogP contribution in [-0.4, -0.2) is 17.9 Å². The minimum Gasteiger partial charge on any atom is -0.299 e. The first-order valence-electron chi connectivity index (χ1n) is 7.85. The van der Waals surface area contributed by atoms with Crippen molar-refractivity contribution in [2.24, 2.45) is 0 Å². The Labute approximate surface area is 125 Å². The highest BCUT2D eigenvalue weighted by atomic mass is 16.2. The molecule has 21 heavy (non-hydrogen) atoms. The van der Waals surface area contributed by atoms with E-state index in [1.165, 1.54) is 36.0 Å². The average molecular weight is 286 g/mol. The molecule has 2 amide bonds. The molecule has 0 bridgehead atoms. The van der Waals surface area contributed by atoms with Crippen LogP contribution in [0.4, 0.5) is 0 Å². The summed E-state index contributed by atoms with van der Waals surface area (Å²) in [5.41, 5.74) is 4.15. The van der Waals surface area contributed by atoms with Crippen LogP contribution >= 0.6 is 0 Å². The summed E-state index contributed by atoms with van der Waals surface area (Å²) < 4.78 is 0. The van der Waals surface area contributed by atoms with Gasteiger partial charge in [0.15, 0.2) is 0 Å². The Kier molecular flexibility index (Phi) is 4.06. The number of rotatable bonds is 3. The molecule has 4 nitrogen and oxygen atoms in total. The highest BCUT2D eigenvalue weighted by Crippen LogP contribution is 2.25. The highest BCUT2D eigenvalue weighted by Gasteiger charge is 2.27. The molecule has 0 spiro atoms. The second-order valence-electron chi connectivity index (χ2n) is 6.13. The lowest BCUT2D eigenvalue weighted by Crippen LogP contribution is -2.51. The molecule has 1 fully saturated rings. The van der Waals surface area contributed by atoms with Crippen molar-refractivity contribution in [3.05, 3.63) is 34.9 Å². The Morgan fingerprint density at radius 2 is 1.90 bits per heavy atom. The molecule has 1 aliphatic heterocycles. The van der Waals surface area contributed by atoms with Gasteiger partial charge >= 0.3 is 0 Å². The molecule has 1 saturated heterocycles. The highest BCUT2D eigenvalue weighted by molar-refractivity contribution is 6.00. The Morgan fingerprint density at radius 3 is 2.67 bits per heavy atom.